The van der Waals surface area contributed by atoms with Crippen molar-refractivity contribution >= 4 is 24.0 Å². The quantitative estimate of drug-likeness (QED) is 0.132. The van der Waals surface area contributed by atoms with Gasteiger partial charge in [-0.1, -0.05) is 65.8 Å². The minimum Gasteiger partial charge on any atom is -0.465 e. The van der Waals surface area contributed by atoms with Crippen LogP contribution in [-0.2, 0) is 19.7 Å². The zero-order chi connectivity index (χ0) is 40.9. The van der Waals surface area contributed by atoms with Gasteiger partial charge in [0.2, 0.25) is 11.8 Å². The van der Waals surface area contributed by atoms with E-state index < -0.39 is 24.3 Å². The summed E-state index contributed by atoms with van der Waals surface area (Å²) in [5.74, 6) is 0.788. The number of carboxylic acid groups (broad SMARTS) is 1. The predicted molar refractivity (Wildman–Crippen MR) is 215 cm³/mol. The summed E-state index contributed by atoms with van der Waals surface area (Å²) in [6, 6.07) is 11.0. The molecule has 0 radical (unpaired) electrons. The van der Waals surface area contributed by atoms with E-state index in [1.807, 2.05) is 45.0 Å². The number of amides is 4. The van der Waals surface area contributed by atoms with Gasteiger partial charge in [0, 0.05) is 25.6 Å². The fourth-order valence-electron chi connectivity index (χ4n) is 9.07. The maximum absolute atomic E-state index is 13.7. The molecule has 14 heteroatoms. The van der Waals surface area contributed by atoms with E-state index in [1.54, 1.807) is 4.90 Å². The van der Waals surface area contributed by atoms with Gasteiger partial charge in [-0.2, -0.15) is 0 Å². The Hall–Kier alpha value is -5.66. The Morgan fingerprint density at radius 2 is 1.32 bits per heavy atom. The Bertz CT molecular complexity index is 2190. The molecule has 0 saturated carbocycles. The third-order valence-electron chi connectivity index (χ3n) is 12.2. The number of nitrogens with one attached hydrogen (secondary N) is 3. The summed E-state index contributed by atoms with van der Waals surface area (Å²) >= 11 is 0. The van der Waals surface area contributed by atoms with Gasteiger partial charge in [0.05, 0.1) is 43.0 Å². The number of hydrogen-bond acceptors (Lipinski definition) is 7. The summed E-state index contributed by atoms with van der Waals surface area (Å²) in [5.41, 5.74) is 8.14. The van der Waals surface area contributed by atoms with E-state index in [-0.39, 0.29) is 41.1 Å². The van der Waals surface area contributed by atoms with Crippen LogP contribution in [0.2, 0.25) is 0 Å². The van der Waals surface area contributed by atoms with Crippen molar-refractivity contribution in [2.45, 2.75) is 96.8 Å². The Labute approximate surface area is 333 Å². The maximum atomic E-state index is 13.7. The smallest absolute Gasteiger partial charge is 0.407 e. The van der Waals surface area contributed by atoms with Crippen LogP contribution in [0.3, 0.4) is 0 Å². The van der Waals surface area contributed by atoms with Gasteiger partial charge in [-0.05, 0) is 83.0 Å². The molecule has 2 fully saturated rings. The van der Waals surface area contributed by atoms with E-state index in [0.29, 0.717) is 18.9 Å². The third-order valence-corrected chi connectivity index (χ3v) is 12.2. The summed E-state index contributed by atoms with van der Waals surface area (Å²) in [6.45, 7) is 13.2. The number of likely N-dealkylation sites (N-methyl/N-ethyl adjacent to an activating group) is 1. The lowest BCUT2D eigenvalue weighted by Crippen LogP contribution is -2.51. The molecule has 1 aliphatic carbocycles. The Kier molecular flexibility index (Phi) is 10.7. The summed E-state index contributed by atoms with van der Waals surface area (Å²) in [5, 5.41) is 12.4. The normalized spacial score (nSPS) is 19.4. The highest BCUT2D eigenvalue weighted by Crippen LogP contribution is 2.50. The molecule has 4 amide bonds. The summed E-state index contributed by atoms with van der Waals surface area (Å²) in [6.07, 6.45) is 5.08. The number of fused-ring (bicyclic) bond motifs is 3. The summed E-state index contributed by atoms with van der Waals surface area (Å²) in [4.78, 5) is 72.5. The topological polar surface area (TPSA) is 177 Å². The first-order valence-corrected chi connectivity index (χ1v) is 19.9. The number of aromatic nitrogens is 4. The molecule has 4 atom stereocenters. The lowest BCUT2D eigenvalue weighted by molar-refractivity contribution is -0.138. The molecule has 4 N–H and O–H groups in total. The molecule has 0 bridgehead atoms. The second-order valence-electron chi connectivity index (χ2n) is 16.8. The van der Waals surface area contributed by atoms with Gasteiger partial charge in [-0.25, -0.2) is 19.6 Å². The first-order chi connectivity index (χ1) is 27.1. The molecule has 4 aromatic rings. The molecule has 2 aromatic heterocycles. The number of aromatic amines is 2. The van der Waals surface area contributed by atoms with Crippen molar-refractivity contribution in [3.63, 3.8) is 0 Å². The zero-order valence-corrected chi connectivity index (χ0v) is 34.1. The molecule has 57 heavy (non-hydrogen) atoms. The van der Waals surface area contributed by atoms with Gasteiger partial charge in [0.15, 0.2) is 0 Å². The van der Waals surface area contributed by atoms with Crippen molar-refractivity contribution in [1.82, 2.24) is 40.0 Å². The number of imidazole rings is 2. The SMILES string of the molecule is COC(=O)N[C@H](C(=O)N1CCCC1c1ncc(-c2ccc3c(c2)C(C)(C)c2cc(-c4cnc([C@@H]5CCCN5C(=O)[C@H](C(C)C)N(C)C(=O)O)[nH]4)ccc2-3)[nH]1)C(C)C. The molecule has 2 saturated heterocycles. The van der Waals surface area contributed by atoms with Crippen LogP contribution in [0, 0.1) is 11.8 Å². The number of hydrogen-bond donors (Lipinski definition) is 4. The molecular weight excluding hydrogens is 725 g/mol. The van der Waals surface area contributed by atoms with Gasteiger partial charge in [0.25, 0.3) is 0 Å². The van der Waals surface area contributed by atoms with E-state index in [1.165, 1.54) is 36.4 Å². The largest absolute Gasteiger partial charge is 0.465 e. The van der Waals surface area contributed by atoms with E-state index in [0.717, 1.165) is 58.9 Å². The molecule has 2 aromatic carbocycles. The van der Waals surface area contributed by atoms with E-state index in [9.17, 15) is 24.3 Å². The first kappa shape index (κ1) is 39.6. The number of nitrogens with zero attached hydrogens (tertiary/aromatic N) is 5. The lowest BCUT2D eigenvalue weighted by atomic mass is 9.81. The first-order valence-electron chi connectivity index (χ1n) is 19.9. The molecule has 0 spiro atoms. The third kappa shape index (κ3) is 7.14. The van der Waals surface area contributed by atoms with Crippen LogP contribution in [0.25, 0.3) is 33.6 Å². The van der Waals surface area contributed by atoms with E-state index in [2.05, 4.69) is 65.5 Å². The van der Waals surface area contributed by atoms with Crippen LogP contribution in [0.5, 0.6) is 0 Å². The minimum absolute atomic E-state index is 0.115. The van der Waals surface area contributed by atoms with E-state index >= 15 is 0 Å². The summed E-state index contributed by atoms with van der Waals surface area (Å²) in [7, 11) is 2.75. The van der Waals surface area contributed by atoms with Crippen molar-refractivity contribution in [3.8, 4) is 33.6 Å². The number of likely N-dealkylation sites (tertiary alicyclic amines) is 2. The van der Waals surface area contributed by atoms with Crippen molar-refractivity contribution < 1.29 is 29.0 Å². The fraction of sp³-hybridized carbons (Fsp3) is 0.488. The Balaban J connectivity index is 1.10. The molecule has 1 unspecified atom stereocenters. The van der Waals surface area contributed by atoms with Gasteiger partial charge in [-0.3, -0.25) is 14.5 Å². The number of ether oxygens (including phenoxy) is 1. The number of alkyl carbamates (subject to hydrolysis) is 1. The zero-order valence-electron chi connectivity index (χ0n) is 34.1. The highest BCUT2D eigenvalue weighted by Gasteiger charge is 2.41. The van der Waals surface area contributed by atoms with Crippen LogP contribution in [0.1, 0.15) is 102 Å². The molecular formula is C43H54N8O6. The molecule has 7 rings (SSSR count). The average Bonchev–Trinajstić information content (AvgIpc) is 4.03. The molecule has 302 valence electrons. The lowest BCUT2D eigenvalue weighted by Gasteiger charge is -2.33. The van der Waals surface area contributed by atoms with Crippen molar-refractivity contribution in [1.29, 1.82) is 0 Å². The highest BCUT2D eigenvalue weighted by atomic mass is 16.5. The Morgan fingerprint density at radius 1 is 0.825 bits per heavy atom. The van der Waals surface area contributed by atoms with Crippen LogP contribution in [0.15, 0.2) is 48.8 Å². The van der Waals surface area contributed by atoms with Gasteiger partial charge >= 0.3 is 12.2 Å². The minimum atomic E-state index is -1.12. The number of methoxy groups -OCH3 is 1. The average molecular weight is 779 g/mol. The second kappa shape index (κ2) is 15.4. The van der Waals surface area contributed by atoms with E-state index in [4.69, 9.17) is 14.7 Å². The fourth-order valence-corrected chi connectivity index (χ4v) is 9.07. The maximum Gasteiger partial charge on any atom is 0.407 e. The second-order valence-corrected chi connectivity index (χ2v) is 16.8. The number of H-pyrrole nitrogens is 2. The monoisotopic (exact) mass is 778 g/mol. The predicted octanol–water partition coefficient (Wildman–Crippen LogP) is 7.12. The molecule has 2 aliphatic heterocycles. The number of benzene rings is 2. The highest BCUT2D eigenvalue weighted by molar-refractivity contribution is 5.88. The summed E-state index contributed by atoms with van der Waals surface area (Å²) < 4.78 is 4.78. The number of carbonyl (C=O) groups excluding carboxylic acids is 3. The molecule has 4 heterocycles. The van der Waals surface area contributed by atoms with Crippen molar-refractivity contribution in [2.24, 2.45) is 11.8 Å². The van der Waals surface area contributed by atoms with Crippen molar-refractivity contribution in [2.75, 3.05) is 27.2 Å². The van der Waals surface area contributed by atoms with Crippen LogP contribution < -0.4 is 5.32 Å². The van der Waals surface area contributed by atoms with Crippen LogP contribution in [0.4, 0.5) is 9.59 Å². The standard InChI is InChI=1S/C43H54N8O6/c1-23(2)35(48-41(54)57-8)39(52)50-17-9-11-33(50)37-44-21-31(46-37)25-13-15-27-28-16-14-26(20-30(28)43(5,6)29(27)19-25)32-22-45-38(47-32)34-12-10-18-51(34)40(53)36(24(3)4)49(7)42(55)56/h13-16,19-24,33-36H,9-12,17-18H2,1-8H3,(H,44,46)(H,45,47)(H,48,54)(H,55,56)/t33?,34-,35-,36-/m0/s1. The van der Waals surface area contributed by atoms with Crippen LogP contribution >= 0.6 is 0 Å². The molecule has 3 aliphatic rings. The Morgan fingerprint density at radius 3 is 1.75 bits per heavy atom. The van der Waals surface area contributed by atoms with Gasteiger partial charge < -0.3 is 34.9 Å². The van der Waals surface area contributed by atoms with Crippen LogP contribution in [-0.4, -0.2) is 103 Å². The van der Waals surface area contributed by atoms with Gasteiger partial charge in [-0.15, -0.1) is 0 Å². The number of rotatable bonds is 10. The molecule has 14 nitrogen and oxygen atoms in total. The van der Waals surface area contributed by atoms with Gasteiger partial charge in [0.1, 0.15) is 23.7 Å². The number of carbonyl (C=O) groups is 4. The van der Waals surface area contributed by atoms with Crippen molar-refractivity contribution in [3.05, 3.63) is 71.6 Å².